The molecule has 9 nitrogen and oxygen atoms in total. The first-order chi connectivity index (χ1) is 16.5. The third-order valence-electron chi connectivity index (χ3n) is 6.59. The summed E-state index contributed by atoms with van der Waals surface area (Å²) in [6, 6.07) is 5.34. The molecule has 1 saturated heterocycles. The number of carbonyl (C=O) groups excluding carboxylic acids is 2. The average Bonchev–Trinajstić information content (AvgIpc) is 3.46. The lowest BCUT2D eigenvalue weighted by Crippen LogP contribution is -2.52. The quantitative estimate of drug-likeness (QED) is 0.573. The van der Waals surface area contributed by atoms with Crippen LogP contribution in [0.25, 0.3) is 5.78 Å². The summed E-state index contributed by atoms with van der Waals surface area (Å²) in [7, 11) is 0. The van der Waals surface area contributed by atoms with Crippen molar-refractivity contribution in [1.82, 2.24) is 30.2 Å². The summed E-state index contributed by atoms with van der Waals surface area (Å²) >= 11 is 0. The van der Waals surface area contributed by atoms with Crippen LogP contribution in [0.1, 0.15) is 43.0 Å². The van der Waals surface area contributed by atoms with E-state index in [-0.39, 0.29) is 30.1 Å². The molecule has 1 aliphatic heterocycles. The van der Waals surface area contributed by atoms with Gasteiger partial charge in [0.25, 0.3) is 5.78 Å². The van der Waals surface area contributed by atoms with Gasteiger partial charge in [-0.25, -0.2) is 9.37 Å². The van der Waals surface area contributed by atoms with Crippen molar-refractivity contribution in [3.8, 4) is 0 Å². The third kappa shape index (κ3) is 4.57. The summed E-state index contributed by atoms with van der Waals surface area (Å²) in [5, 5.41) is 10.2. The van der Waals surface area contributed by atoms with Crippen LogP contribution in [0.3, 0.4) is 0 Å². The van der Waals surface area contributed by atoms with Crippen molar-refractivity contribution in [2.75, 3.05) is 18.0 Å². The minimum absolute atomic E-state index is 0.00589. The van der Waals surface area contributed by atoms with E-state index < -0.39 is 6.04 Å². The van der Waals surface area contributed by atoms with E-state index in [0.29, 0.717) is 11.3 Å². The van der Waals surface area contributed by atoms with Crippen LogP contribution in [0.4, 0.5) is 10.2 Å². The lowest BCUT2D eigenvalue weighted by atomic mass is 10.0. The number of nitrogens with one attached hydrogen (secondary N) is 2. The monoisotopic (exact) mass is 465 g/mol. The Hall–Kier alpha value is -3.56. The molecule has 1 fully saturated rings. The summed E-state index contributed by atoms with van der Waals surface area (Å²) in [6.07, 6.45) is 6.35. The van der Waals surface area contributed by atoms with Crippen molar-refractivity contribution in [1.29, 1.82) is 0 Å². The SMILES string of the molecule is CC(=O)N[C@H](Cc1cccc(F)c1)C(=O)NC1CCN(c2c3c(nc4ncnn24)CCC3)CC1. The Labute approximate surface area is 196 Å². The highest BCUT2D eigenvalue weighted by Gasteiger charge is 2.29. The Balaban J connectivity index is 1.25. The number of amides is 2. The van der Waals surface area contributed by atoms with Crippen molar-refractivity contribution < 1.29 is 14.0 Å². The van der Waals surface area contributed by atoms with E-state index in [1.807, 2.05) is 4.52 Å². The number of anilines is 1. The van der Waals surface area contributed by atoms with Crippen LogP contribution in [0, 0.1) is 5.82 Å². The highest BCUT2D eigenvalue weighted by atomic mass is 19.1. The van der Waals surface area contributed by atoms with Crippen LogP contribution in [0.2, 0.25) is 0 Å². The van der Waals surface area contributed by atoms with Gasteiger partial charge in [-0.1, -0.05) is 12.1 Å². The number of aromatic nitrogens is 4. The van der Waals surface area contributed by atoms with Gasteiger partial charge < -0.3 is 15.5 Å². The third-order valence-corrected chi connectivity index (χ3v) is 6.59. The molecule has 0 radical (unpaired) electrons. The van der Waals surface area contributed by atoms with E-state index in [0.717, 1.165) is 56.7 Å². The Kier molecular flexibility index (Phi) is 6.12. The Morgan fingerprint density at radius 3 is 2.82 bits per heavy atom. The van der Waals surface area contributed by atoms with Gasteiger partial charge in [0.15, 0.2) is 0 Å². The minimum Gasteiger partial charge on any atom is -0.356 e. The Bertz CT molecular complexity index is 1220. The van der Waals surface area contributed by atoms with Gasteiger partial charge in [-0.3, -0.25) is 9.59 Å². The van der Waals surface area contributed by atoms with Gasteiger partial charge in [-0.2, -0.15) is 14.6 Å². The van der Waals surface area contributed by atoms with Gasteiger partial charge in [0.2, 0.25) is 11.8 Å². The van der Waals surface area contributed by atoms with E-state index in [1.54, 1.807) is 12.1 Å². The summed E-state index contributed by atoms with van der Waals surface area (Å²) in [6.45, 7) is 2.92. The summed E-state index contributed by atoms with van der Waals surface area (Å²) in [4.78, 5) is 36.0. The molecule has 0 bridgehead atoms. The van der Waals surface area contributed by atoms with Gasteiger partial charge in [0, 0.05) is 38.0 Å². The number of hydrogen-bond donors (Lipinski definition) is 2. The molecule has 5 rings (SSSR count). The fourth-order valence-corrected chi connectivity index (χ4v) is 5.02. The molecule has 1 aromatic carbocycles. The average molecular weight is 466 g/mol. The maximum absolute atomic E-state index is 13.6. The van der Waals surface area contributed by atoms with Crippen molar-refractivity contribution in [2.45, 2.75) is 57.5 Å². The van der Waals surface area contributed by atoms with Crippen LogP contribution in [-0.2, 0) is 28.9 Å². The molecule has 2 aliphatic rings. The first-order valence-electron chi connectivity index (χ1n) is 11.8. The molecular formula is C24H28FN7O2. The fourth-order valence-electron chi connectivity index (χ4n) is 5.02. The molecule has 1 aliphatic carbocycles. The number of benzene rings is 1. The van der Waals surface area contributed by atoms with E-state index in [4.69, 9.17) is 0 Å². The van der Waals surface area contributed by atoms with E-state index in [1.165, 1.54) is 30.9 Å². The first kappa shape index (κ1) is 22.2. The van der Waals surface area contributed by atoms with Crippen molar-refractivity contribution in [3.63, 3.8) is 0 Å². The minimum atomic E-state index is -0.754. The standard InChI is InChI=1S/C24H28FN7O2/c1-15(33)28-21(13-16-4-2-5-17(25)12-16)22(34)29-18-8-10-31(11-9-18)23-19-6-3-7-20(19)30-24-26-14-27-32(23)24/h2,4-5,12,14,18,21H,3,6-11,13H2,1H3,(H,28,33)(H,29,34)/t21-/m1/s1. The van der Waals surface area contributed by atoms with E-state index in [9.17, 15) is 14.0 Å². The molecule has 0 saturated carbocycles. The smallest absolute Gasteiger partial charge is 0.254 e. The zero-order valence-corrected chi connectivity index (χ0v) is 19.1. The second-order valence-corrected chi connectivity index (χ2v) is 9.04. The molecule has 2 aromatic heterocycles. The lowest BCUT2D eigenvalue weighted by molar-refractivity contribution is -0.128. The molecule has 34 heavy (non-hydrogen) atoms. The van der Waals surface area contributed by atoms with Crippen LogP contribution >= 0.6 is 0 Å². The van der Waals surface area contributed by atoms with Gasteiger partial charge in [0.05, 0.1) is 5.69 Å². The number of rotatable bonds is 6. The topological polar surface area (TPSA) is 105 Å². The molecule has 10 heteroatoms. The van der Waals surface area contributed by atoms with Crippen LogP contribution < -0.4 is 15.5 Å². The predicted molar refractivity (Wildman–Crippen MR) is 124 cm³/mol. The summed E-state index contributed by atoms with van der Waals surface area (Å²) in [5.74, 6) is 0.788. The Morgan fingerprint density at radius 2 is 2.06 bits per heavy atom. The van der Waals surface area contributed by atoms with Crippen LogP contribution in [0.15, 0.2) is 30.6 Å². The number of fused-ring (bicyclic) bond motifs is 2. The molecule has 0 spiro atoms. The normalized spacial score (nSPS) is 16.9. The van der Waals surface area contributed by atoms with Gasteiger partial charge in [0.1, 0.15) is 24.0 Å². The zero-order valence-electron chi connectivity index (χ0n) is 19.1. The molecule has 3 aromatic rings. The summed E-state index contributed by atoms with van der Waals surface area (Å²) in [5.41, 5.74) is 3.02. The number of aryl methyl sites for hydroxylation is 1. The Morgan fingerprint density at radius 1 is 1.24 bits per heavy atom. The molecular weight excluding hydrogens is 437 g/mol. The van der Waals surface area contributed by atoms with Gasteiger partial charge in [-0.15, -0.1) is 0 Å². The zero-order chi connectivity index (χ0) is 23.7. The second-order valence-electron chi connectivity index (χ2n) is 9.04. The number of piperidine rings is 1. The number of carbonyl (C=O) groups is 2. The lowest BCUT2D eigenvalue weighted by Gasteiger charge is -2.35. The molecule has 0 unspecified atom stereocenters. The highest BCUT2D eigenvalue weighted by Crippen LogP contribution is 2.32. The second kappa shape index (κ2) is 9.36. The number of hydrogen-bond acceptors (Lipinski definition) is 6. The van der Waals surface area contributed by atoms with Crippen molar-refractivity contribution in [3.05, 3.63) is 53.2 Å². The summed E-state index contributed by atoms with van der Waals surface area (Å²) < 4.78 is 15.4. The van der Waals surface area contributed by atoms with Gasteiger partial charge >= 0.3 is 0 Å². The van der Waals surface area contributed by atoms with Crippen molar-refractivity contribution >= 4 is 23.4 Å². The molecule has 2 N–H and O–H groups in total. The van der Waals surface area contributed by atoms with E-state index >= 15 is 0 Å². The molecule has 1 atom stereocenters. The highest BCUT2D eigenvalue weighted by molar-refractivity contribution is 5.87. The predicted octanol–water partition coefficient (Wildman–Crippen LogP) is 1.58. The van der Waals surface area contributed by atoms with Crippen LogP contribution in [0.5, 0.6) is 0 Å². The molecule has 178 valence electrons. The largest absolute Gasteiger partial charge is 0.356 e. The molecule has 2 amide bonds. The van der Waals surface area contributed by atoms with Crippen LogP contribution in [-0.4, -0.2) is 56.6 Å². The fraction of sp³-hybridized carbons (Fsp3) is 0.458. The molecule has 3 heterocycles. The maximum Gasteiger partial charge on any atom is 0.254 e. The van der Waals surface area contributed by atoms with Gasteiger partial charge in [-0.05, 0) is 49.8 Å². The van der Waals surface area contributed by atoms with E-state index in [2.05, 4.69) is 30.6 Å². The first-order valence-corrected chi connectivity index (χ1v) is 11.8. The number of nitrogens with zero attached hydrogens (tertiary/aromatic N) is 5. The maximum atomic E-state index is 13.6. The number of halogens is 1. The van der Waals surface area contributed by atoms with Crippen molar-refractivity contribution in [2.24, 2.45) is 0 Å².